The summed E-state index contributed by atoms with van der Waals surface area (Å²) in [6.45, 7) is 6.49. The maximum absolute atomic E-state index is 12.8. The van der Waals surface area contributed by atoms with Gasteiger partial charge in [0.25, 0.3) is 15.9 Å². The second-order valence-corrected chi connectivity index (χ2v) is 9.40. The van der Waals surface area contributed by atoms with Crippen LogP contribution in [-0.2, 0) is 10.0 Å². The number of benzene rings is 3. The molecule has 0 bridgehead atoms. The Hall–Kier alpha value is -3.32. The number of hydrogen-bond donors (Lipinski definition) is 2. The van der Waals surface area contributed by atoms with E-state index in [2.05, 4.69) is 23.9 Å². The van der Waals surface area contributed by atoms with Gasteiger partial charge in [-0.1, -0.05) is 56.3 Å². The van der Waals surface area contributed by atoms with Crippen molar-refractivity contribution in [2.75, 3.05) is 17.9 Å². The fourth-order valence-corrected chi connectivity index (χ4v) is 4.59. The zero-order chi connectivity index (χ0) is 23.1. The third kappa shape index (κ3) is 5.88. The minimum absolute atomic E-state index is 0.0658. The topological polar surface area (TPSA) is 84.5 Å². The molecule has 0 saturated heterocycles. The van der Waals surface area contributed by atoms with Crippen LogP contribution in [-0.4, -0.2) is 27.5 Å². The Morgan fingerprint density at radius 3 is 2.38 bits per heavy atom. The third-order valence-corrected chi connectivity index (χ3v) is 6.48. The Kier molecular flexibility index (Phi) is 7.53. The van der Waals surface area contributed by atoms with E-state index in [9.17, 15) is 13.2 Å². The monoisotopic (exact) mass is 452 g/mol. The molecule has 32 heavy (non-hydrogen) atoms. The number of para-hydroxylation sites is 2. The summed E-state index contributed by atoms with van der Waals surface area (Å²) < 4.78 is 34.1. The highest BCUT2D eigenvalue weighted by Crippen LogP contribution is 2.25. The molecule has 0 aliphatic rings. The van der Waals surface area contributed by atoms with Gasteiger partial charge in [0.2, 0.25) is 0 Å². The summed E-state index contributed by atoms with van der Waals surface area (Å²) in [6, 6.07) is 21.1. The van der Waals surface area contributed by atoms with Crippen LogP contribution in [0.15, 0.2) is 77.7 Å². The molecule has 168 valence electrons. The molecule has 0 heterocycles. The molecule has 0 atom stereocenters. The third-order valence-electron chi connectivity index (χ3n) is 4.95. The van der Waals surface area contributed by atoms with Crippen LogP contribution < -0.4 is 14.8 Å². The average Bonchev–Trinajstić information content (AvgIpc) is 2.77. The molecule has 3 rings (SSSR count). The first-order valence-electron chi connectivity index (χ1n) is 10.5. The first-order chi connectivity index (χ1) is 15.3. The van der Waals surface area contributed by atoms with Crippen molar-refractivity contribution in [1.82, 2.24) is 5.32 Å². The van der Waals surface area contributed by atoms with E-state index < -0.39 is 10.0 Å². The first kappa shape index (κ1) is 23.3. The number of rotatable bonds is 9. The number of anilines is 1. The van der Waals surface area contributed by atoms with E-state index in [1.807, 2.05) is 24.3 Å². The second-order valence-electron chi connectivity index (χ2n) is 7.75. The van der Waals surface area contributed by atoms with Crippen LogP contribution in [0.2, 0.25) is 0 Å². The molecule has 0 fully saturated rings. The summed E-state index contributed by atoms with van der Waals surface area (Å²) in [5.74, 6) is 0.771. The molecule has 3 aromatic rings. The molecular formula is C25H28N2O4S. The van der Waals surface area contributed by atoms with Gasteiger partial charge in [0, 0.05) is 11.3 Å². The molecule has 2 N–H and O–H groups in total. The predicted octanol–water partition coefficient (Wildman–Crippen LogP) is 4.73. The Morgan fingerprint density at radius 1 is 0.969 bits per heavy atom. The fraction of sp³-hybridized carbons (Fsp3) is 0.240. The van der Waals surface area contributed by atoms with Crippen LogP contribution >= 0.6 is 0 Å². The van der Waals surface area contributed by atoms with Gasteiger partial charge in [0.05, 0.1) is 11.4 Å². The van der Waals surface area contributed by atoms with Crippen LogP contribution in [0.3, 0.4) is 0 Å². The number of nitrogens with one attached hydrogen (secondary N) is 2. The van der Waals surface area contributed by atoms with Gasteiger partial charge in [0.1, 0.15) is 12.4 Å². The average molecular weight is 453 g/mol. The number of carbonyl (C=O) groups is 1. The van der Waals surface area contributed by atoms with Crippen LogP contribution in [0.5, 0.6) is 5.75 Å². The first-order valence-corrected chi connectivity index (χ1v) is 11.9. The van der Waals surface area contributed by atoms with Gasteiger partial charge in [-0.25, -0.2) is 8.42 Å². The second kappa shape index (κ2) is 10.3. The van der Waals surface area contributed by atoms with Gasteiger partial charge in [0.15, 0.2) is 0 Å². The fourth-order valence-electron chi connectivity index (χ4n) is 3.26. The predicted molar refractivity (Wildman–Crippen MR) is 127 cm³/mol. The highest BCUT2D eigenvalue weighted by Gasteiger charge is 2.19. The van der Waals surface area contributed by atoms with Gasteiger partial charge >= 0.3 is 0 Å². The lowest BCUT2D eigenvalue weighted by atomic mass is 10.0. The van der Waals surface area contributed by atoms with E-state index in [1.54, 1.807) is 49.4 Å². The van der Waals surface area contributed by atoms with Crippen molar-refractivity contribution in [1.29, 1.82) is 0 Å². The highest BCUT2D eigenvalue weighted by molar-refractivity contribution is 7.92. The molecule has 0 saturated carbocycles. The van der Waals surface area contributed by atoms with E-state index in [0.29, 0.717) is 30.3 Å². The van der Waals surface area contributed by atoms with Crippen molar-refractivity contribution in [3.8, 4) is 5.75 Å². The lowest BCUT2D eigenvalue weighted by Crippen LogP contribution is -2.28. The molecule has 6 nitrogen and oxygen atoms in total. The lowest BCUT2D eigenvalue weighted by molar-refractivity contribution is 0.0946. The van der Waals surface area contributed by atoms with E-state index in [1.165, 1.54) is 6.07 Å². The van der Waals surface area contributed by atoms with Crippen LogP contribution in [0.1, 0.15) is 41.3 Å². The molecule has 0 aliphatic heterocycles. The van der Waals surface area contributed by atoms with Crippen LogP contribution in [0.4, 0.5) is 5.69 Å². The smallest absolute Gasteiger partial charge is 0.262 e. The molecule has 3 aromatic carbocycles. The van der Waals surface area contributed by atoms with Crippen molar-refractivity contribution in [3.05, 3.63) is 89.5 Å². The Morgan fingerprint density at radius 2 is 1.66 bits per heavy atom. The van der Waals surface area contributed by atoms with Crippen molar-refractivity contribution < 1.29 is 17.9 Å². The number of amides is 1. The number of ether oxygens (including phenoxy) is 1. The molecule has 7 heteroatoms. The lowest BCUT2D eigenvalue weighted by Gasteiger charge is -2.14. The molecule has 1 amide bonds. The maximum Gasteiger partial charge on any atom is 0.262 e. The SMILES string of the molecule is Cc1ccc(C(=O)NCCOc2ccccc2C(C)C)cc1S(=O)(=O)Nc1ccccc1. The van der Waals surface area contributed by atoms with Crippen LogP contribution in [0.25, 0.3) is 0 Å². The normalized spacial score (nSPS) is 11.2. The zero-order valence-electron chi connectivity index (χ0n) is 18.5. The zero-order valence-corrected chi connectivity index (χ0v) is 19.3. The van der Waals surface area contributed by atoms with E-state index in [-0.39, 0.29) is 16.4 Å². The molecule has 0 radical (unpaired) electrons. The summed E-state index contributed by atoms with van der Waals surface area (Å²) in [6.07, 6.45) is 0. The largest absolute Gasteiger partial charge is 0.491 e. The number of carbonyl (C=O) groups excluding carboxylic acids is 1. The quantitative estimate of drug-likeness (QED) is 0.460. The molecule has 0 unspecified atom stereocenters. The maximum atomic E-state index is 12.8. The Labute approximate surface area is 189 Å². The summed E-state index contributed by atoms with van der Waals surface area (Å²) in [4.78, 5) is 12.7. The van der Waals surface area contributed by atoms with E-state index >= 15 is 0 Å². The van der Waals surface area contributed by atoms with Gasteiger partial charge < -0.3 is 10.1 Å². The van der Waals surface area contributed by atoms with Crippen LogP contribution in [0, 0.1) is 6.92 Å². The Balaban J connectivity index is 1.64. The summed E-state index contributed by atoms with van der Waals surface area (Å²) in [5, 5.41) is 2.79. The standard InChI is InChI=1S/C25H28N2O4S/c1-18(2)22-11-7-8-12-23(22)31-16-15-26-25(28)20-14-13-19(3)24(17-20)32(29,30)27-21-9-5-4-6-10-21/h4-14,17-18,27H,15-16H2,1-3H3,(H,26,28). The van der Waals surface area contributed by atoms with E-state index in [4.69, 9.17) is 4.74 Å². The minimum atomic E-state index is -3.83. The number of hydrogen-bond acceptors (Lipinski definition) is 4. The van der Waals surface area contributed by atoms with Crippen molar-refractivity contribution in [2.45, 2.75) is 31.6 Å². The summed E-state index contributed by atoms with van der Waals surface area (Å²) >= 11 is 0. The summed E-state index contributed by atoms with van der Waals surface area (Å²) in [5.41, 5.74) is 2.39. The molecule has 0 aliphatic carbocycles. The summed E-state index contributed by atoms with van der Waals surface area (Å²) in [7, 11) is -3.83. The van der Waals surface area contributed by atoms with Crippen molar-refractivity contribution >= 4 is 21.6 Å². The molecular weight excluding hydrogens is 424 g/mol. The van der Waals surface area contributed by atoms with Gasteiger partial charge in [-0.2, -0.15) is 0 Å². The number of sulfonamides is 1. The Bertz CT molecular complexity index is 1180. The van der Waals surface area contributed by atoms with Gasteiger partial charge in [-0.3, -0.25) is 9.52 Å². The highest BCUT2D eigenvalue weighted by atomic mass is 32.2. The van der Waals surface area contributed by atoms with Crippen molar-refractivity contribution in [2.24, 2.45) is 0 Å². The number of aryl methyl sites for hydroxylation is 1. The molecule has 0 aromatic heterocycles. The molecule has 0 spiro atoms. The van der Waals surface area contributed by atoms with Crippen molar-refractivity contribution in [3.63, 3.8) is 0 Å². The van der Waals surface area contributed by atoms with E-state index in [0.717, 1.165) is 11.3 Å². The van der Waals surface area contributed by atoms with Gasteiger partial charge in [-0.05, 0) is 54.3 Å². The minimum Gasteiger partial charge on any atom is -0.491 e. The van der Waals surface area contributed by atoms with Gasteiger partial charge in [-0.15, -0.1) is 0 Å².